The first-order valence-corrected chi connectivity index (χ1v) is 6.91. The lowest BCUT2D eigenvalue weighted by molar-refractivity contribution is 0.475. The van der Waals surface area contributed by atoms with Gasteiger partial charge in [-0.05, 0) is 34.0 Å². The van der Waals surface area contributed by atoms with Crippen LogP contribution in [0.4, 0.5) is 0 Å². The van der Waals surface area contributed by atoms with Crippen molar-refractivity contribution >= 4 is 27.7 Å². The average Bonchev–Trinajstić information content (AvgIpc) is 2.26. The summed E-state index contributed by atoms with van der Waals surface area (Å²) in [6.45, 7) is 4.37. The van der Waals surface area contributed by atoms with Crippen LogP contribution in [0.2, 0.25) is 0 Å². The molecule has 1 aromatic rings. The van der Waals surface area contributed by atoms with E-state index in [9.17, 15) is 0 Å². The lowest BCUT2D eigenvalue weighted by Crippen LogP contribution is -2.30. The van der Waals surface area contributed by atoms with E-state index in [1.165, 1.54) is 0 Å². The van der Waals surface area contributed by atoms with Crippen molar-refractivity contribution in [2.75, 3.05) is 5.75 Å². The summed E-state index contributed by atoms with van der Waals surface area (Å²) in [4.78, 5) is 4.30. The number of aromatic nitrogens is 1. The minimum absolute atomic E-state index is 0.255. The summed E-state index contributed by atoms with van der Waals surface area (Å²) >= 11 is 5.09. The quantitative estimate of drug-likeness (QED) is 0.845. The topological polar surface area (TPSA) is 38.9 Å². The second kappa shape index (κ2) is 6.51. The van der Waals surface area contributed by atoms with Gasteiger partial charge in [-0.2, -0.15) is 0 Å². The van der Waals surface area contributed by atoms with Crippen molar-refractivity contribution < 1.29 is 0 Å². The first kappa shape index (κ1) is 13.0. The van der Waals surface area contributed by atoms with Gasteiger partial charge >= 0.3 is 0 Å². The molecule has 0 amide bonds. The smallest absolute Gasteiger partial charge is 0.0961 e. The van der Waals surface area contributed by atoms with E-state index in [2.05, 4.69) is 34.8 Å². The van der Waals surface area contributed by atoms with Crippen LogP contribution in [-0.4, -0.2) is 16.8 Å². The molecule has 15 heavy (non-hydrogen) atoms. The Morgan fingerprint density at radius 1 is 1.53 bits per heavy atom. The zero-order valence-electron chi connectivity index (χ0n) is 9.11. The van der Waals surface area contributed by atoms with Crippen LogP contribution in [0.25, 0.3) is 0 Å². The molecule has 0 bridgehead atoms. The average molecular weight is 289 g/mol. The van der Waals surface area contributed by atoms with Crippen molar-refractivity contribution in [1.29, 1.82) is 0 Å². The molecule has 4 heteroatoms. The first-order valence-electron chi connectivity index (χ1n) is 5.13. The van der Waals surface area contributed by atoms with Crippen molar-refractivity contribution in [2.24, 2.45) is 11.7 Å². The predicted octanol–water partition coefficient (Wildman–Crippen LogP) is 3.31. The minimum atomic E-state index is 0.255. The summed E-state index contributed by atoms with van der Waals surface area (Å²) in [5.74, 6) is 1.51. The van der Waals surface area contributed by atoms with E-state index in [4.69, 9.17) is 5.73 Å². The standard InChI is InChI=1S/C11H17BrN2S/c1-3-8(2)10(13)7-15-11-5-4-9(12)6-14-11/h4-6,8,10H,3,7,13H2,1-2H3. The molecule has 2 atom stereocenters. The van der Waals surface area contributed by atoms with E-state index in [1.54, 1.807) is 11.8 Å². The lowest BCUT2D eigenvalue weighted by Gasteiger charge is -2.17. The molecule has 1 rings (SSSR count). The largest absolute Gasteiger partial charge is 0.327 e. The van der Waals surface area contributed by atoms with Gasteiger partial charge in [-0.1, -0.05) is 20.3 Å². The maximum Gasteiger partial charge on any atom is 0.0961 e. The molecule has 0 spiro atoms. The number of hydrogen-bond donors (Lipinski definition) is 1. The third-order valence-electron chi connectivity index (χ3n) is 2.50. The van der Waals surface area contributed by atoms with Crippen LogP contribution in [0, 0.1) is 5.92 Å². The third kappa shape index (κ3) is 4.53. The van der Waals surface area contributed by atoms with Crippen molar-refractivity contribution in [3.05, 3.63) is 22.8 Å². The summed E-state index contributed by atoms with van der Waals surface area (Å²) in [5.41, 5.74) is 6.05. The third-order valence-corrected chi connectivity index (χ3v) is 4.06. The summed E-state index contributed by atoms with van der Waals surface area (Å²) in [6, 6.07) is 4.27. The number of thioether (sulfide) groups is 1. The highest BCUT2D eigenvalue weighted by Crippen LogP contribution is 2.20. The molecular weight excluding hydrogens is 272 g/mol. The summed E-state index contributed by atoms with van der Waals surface area (Å²) in [5, 5.41) is 1.04. The first-order chi connectivity index (χ1) is 7.13. The van der Waals surface area contributed by atoms with Crippen molar-refractivity contribution in [3.8, 4) is 0 Å². The highest BCUT2D eigenvalue weighted by atomic mass is 79.9. The number of rotatable bonds is 5. The predicted molar refractivity (Wildman–Crippen MR) is 70.1 cm³/mol. The number of halogens is 1. The van der Waals surface area contributed by atoms with Crippen LogP contribution in [0.3, 0.4) is 0 Å². The van der Waals surface area contributed by atoms with Gasteiger partial charge in [0.15, 0.2) is 0 Å². The van der Waals surface area contributed by atoms with Crippen LogP contribution in [-0.2, 0) is 0 Å². The lowest BCUT2D eigenvalue weighted by atomic mass is 10.0. The van der Waals surface area contributed by atoms with Gasteiger partial charge in [-0.15, -0.1) is 11.8 Å². The van der Waals surface area contributed by atoms with Crippen LogP contribution in [0.5, 0.6) is 0 Å². The fourth-order valence-electron chi connectivity index (χ4n) is 1.10. The second-order valence-electron chi connectivity index (χ2n) is 3.68. The minimum Gasteiger partial charge on any atom is -0.327 e. The Bertz CT molecular complexity index is 289. The number of nitrogens with zero attached hydrogens (tertiary/aromatic N) is 1. The summed E-state index contributed by atoms with van der Waals surface area (Å²) in [6.07, 6.45) is 2.95. The molecule has 1 aromatic heterocycles. The summed E-state index contributed by atoms with van der Waals surface area (Å²) < 4.78 is 1.01. The Morgan fingerprint density at radius 2 is 2.27 bits per heavy atom. The molecule has 0 aliphatic carbocycles. The molecular formula is C11H17BrN2S. The Morgan fingerprint density at radius 3 is 2.80 bits per heavy atom. The van der Waals surface area contributed by atoms with Gasteiger partial charge < -0.3 is 5.73 Å². The Labute approximate surface area is 104 Å². The Kier molecular flexibility index (Phi) is 5.64. The number of nitrogens with two attached hydrogens (primary N) is 1. The van der Waals surface area contributed by atoms with Gasteiger partial charge in [0.25, 0.3) is 0 Å². The zero-order chi connectivity index (χ0) is 11.3. The van der Waals surface area contributed by atoms with E-state index in [0.717, 1.165) is 21.7 Å². The van der Waals surface area contributed by atoms with Crippen molar-refractivity contribution in [2.45, 2.75) is 31.3 Å². The van der Waals surface area contributed by atoms with Gasteiger partial charge in [-0.25, -0.2) is 4.98 Å². The van der Waals surface area contributed by atoms with Gasteiger partial charge in [0.1, 0.15) is 0 Å². The van der Waals surface area contributed by atoms with Crippen LogP contribution < -0.4 is 5.73 Å². The van der Waals surface area contributed by atoms with E-state index in [-0.39, 0.29) is 6.04 Å². The van der Waals surface area contributed by atoms with E-state index >= 15 is 0 Å². The Hall–Kier alpha value is -0.0600. The van der Waals surface area contributed by atoms with E-state index in [0.29, 0.717) is 5.92 Å². The van der Waals surface area contributed by atoms with Gasteiger partial charge in [-0.3, -0.25) is 0 Å². The molecule has 0 aliphatic heterocycles. The fraction of sp³-hybridized carbons (Fsp3) is 0.545. The molecule has 2 unspecified atom stereocenters. The highest BCUT2D eigenvalue weighted by molar-refractivity contribution is 9.10. The Balaban J connectivity index is 2.40. The van der Waals surface area contributed by atoms with Gasteiger partial charge in [0.2, 0.25) is 0 Å². The second-order valence-corrected chi connectivity index (χ2v) is 5.63. The van der Waals surface area contributed by atoms with E-state index < -0.39 is 0 Å². The molecule has 0 saturated carbocycles. The van der Waals surface area contributed by atoms with Gasteiger partial charge in [0.05, 0.1) is 5.03 Å². The van der Waals surface area contributed by atoms with E-state index in [1.807, 2.05) is 18.3 Å². The fourth-order valence-corrected chi connectivity index (χ4v) is 2.31. The molecule has 0 radical (unpaired) electrons. The molecule has 0 saturated heterocycles. The molecule has 0 fully saturated rings. The van der Waals surface area contributed by atoms with Crippen LogP contribution in [0.1, 0.15) is 20.3 Å². The zero-order valence-corrected chi connectivity index (χ0v) is 11.5. The molecule has 84 valence electrons. The van der Waals surface area contributed by atoms with Crippen LogP contribution >= 0.6 is 27.7 Å². The maximum absolute atomic E-state index is 6.05. The number of hydrogen-bond acceptors (Lipinski definition) is 3. The molecule has 2 nitrogen and oxygen atoms in total. The normalized spacial score (nSPS) is 14.9. The molecule has 2 N–H and O–H groups in total. The molecule has 0 aliphatic rings. The van der Waals surface area contributed by atoms with Crippen molar-refractivity contribution in [1.82, 2.24) is 4.98 Å². The van der Waals surface area contributed by atoms with Crippen molar-refractivity contribution in [3.63, 3.8) is 0 Å². The SMILES string of the molecule is CCC(C)C(N)CSc1ccc(Br)cn1. The molecule has 1 heterocycles. The van der Waals surface area contributed by atoms with Gasteiger partial charge in [0, 0.05) is 22.5 Å². The molecule has 0 aromatic carbocycles. The monoisotopic (exact) mass is 288 g/mol. The summed E-state index contributed by atoms with van der Waals surface area (Å²) in [7, 11) is 0. The van der Waals surface area contributed by atoms with Crippen LogP contribution in [0.15, 0.2) is 27.8 Å². The highest BCUT2D eigenvalue weighted by Gasteiger charge is 2.11. The number of pyridine rings is 1. The maximum atomic E-state index is 6.05.